The SMILES string of the molecule is COc1cc(NC(=O)[C@H]2CC[C@@H](n3c(=O)[nH]c4c(-c5cccc(OCCN(C)C)c5)cccc43)CC2)ccc1C. The van der Waals surface area contributed by atoms with E-state index in [1.54, 1.807) is 7.11 Å². The van der Waals surface area contributed by atoms with Crippen LogP contribution < -0.4 is 20.5 Å². The Morgan fingerprint density at radius 1 is 1.05 bits per heavy atom. The van der Waals surface area contributed by atoms with Crippen LogP contribution in [0.15, 0.2) is 65.5 Å². The second-order valence-electron chi connectivity index (χ2n) is 10.9. The number of amides is 1. The van der Waals surface area contributed by atoms with Gasteiger partial charge in [-0.05, 0) is 82.1 Å². The molecule has 1 fully saturated rings. The summed E-state index contributed by atoms with van der Waals surface area (Å²) in [5.41, 5.74) is 5.33. The van der Waals surface area contributed by atoms with Gasteiger partial charge in [0.2, 0.25) is 5.91 Å². The van der Waals surface area contributed by atoms with Crippen LogP contribution in [0.25, 0.3) is 22.2 Å². The Morgan fingerprint density at radius 3 is 2.58 bits per heavy atom. The zero-order valence-electron chi connectivity index (χ0n) is 23.7. The van der Waals surface area contributed by atoms with Crippen LogP contribution in [0.2, 0.25) is 0 Å². The zero-order chi connectivity index (χ0) is 28.2. The summed E-state index contributed by atoms with van der Waals surface area (Å²) in [7, 11) is 5.67. The minimum absolute atomic E-state index is 0.0191. The molecule has 0 aliphatic heterocycles. The first-order valence-electron chi connectivity index (χ1n) is 13.9. The number of nitrogens with one attached hydrogen (secondary N) is 2. The van der Waals surface area contributed by atoms with Crippen molar-refractivity contribution in [3.05, 3.63) is 76.7 Å². The van der Waals surface area contributed by atoms with Crippen molar-refractivity contribution in [1.29, 1.82) is 0 Å². The number of hydrogen-bond acceptors (Lipinski definition) is 5. The third-order valence-corrected chi connectivity index (χ3v) is 7.81. The zero-order valence-corrected chi connectivity index (χ0v) is 23.7. The highest BCUT2D eigenvalue weighted by molar-refractivity contribution is 5.93. The molecular weight excluding hydrogens is 504 g/mol. The maximum Gasteiger partial charge on any atom is 0.326 e. The van der Waals surface area contributed by atoms with Crippen molar-refractivity contribution >= 4 is 22.6 Å². The van der Waals surface area contributed by atoms with E-state index in [2.05, 4.69) is 15.2 Å². The van der Waals surface area contributed by atoms with Gasteiger partial charge in [0.25, 0.3) is 0 Å². The highest BCUT2D eigenvalue weighted by atomic mass is 16.5. The monoisotopic (exact) mass is 542 g/mol. The Kier molecular flexibility index (Phi) is 8.26. The Hall–Kier alpha value is -4.04. The van der Waals surface area contributed by atoms with E-state index in [0.29, 0.717) is 6.61 Å². The van der Waals surface area contributed by atoms with Gasteiger partial charge in [-0.3, -0.25) is 9.36 Å². The first-order chi connectivity index (χ1) is 19.3. The predicted molar refractivity (Wildman–Crippen MR) is 159 cm³/mol. The molecule has 1 heterocycles. The van der Waals surface area contributed by atoms with Gasteiger partial charge in [-0.15, -0.1) is 0 Å². The molecule has 0 spiro atoms. The highest BCUT2D eigenvalue weighted by Gasteiger charge is 2.29. The van der Waals surface area contributed by atoms with Crippen molar-refractivity contribution in [3.8, 4) is 22.6 Å². The number of fused-ring (bicyclic) bond motifs is 1. The average molecular weight is 543 g/mol. The molecule has 4 aromatic rings. The summed E-state index contributed by atoms with van der Waals surface area (Å²) in [5, 5.41) is 3.05. The standard InChI is InChI=1S/C32H38N4O4/c1-21-11-14-24(20-29(21)39-4)33-31(37)22-12-15-25(16-13-22)36-28-10-6-9-27(30(28)34-32(36)38)23-7-5-8-26(19-23)40-18-17-35(2)3/h5-11,14,19-20,22,25H,12-13,15-18H2,1-4H3,(H,33,37)(H,34,38)/t22-,25+. The molecule has 1 aliphatic carbocycles. The number of benzene rings is 3. The van der Waals surface area contributed by atoms with Gasteiger partial charge in [-0.2, -0.15) is 0 Å². The third kappa shape index (κ3) is 5.92. The molecular formula is C32H38N4O4. The van der Waals surface area contributed by atoms with Gasteiger partial charge < -0.3 is 24.7 Å². The quantitative estimate of drug-likeness (QED) is 0.286. The molecule has 5 rings (SSSR count). The molecule has 0 radical (unpaired) electrons. The summed E-state index contributed by atoms with van der Waals surface area (Å²) >= 11 is 0. The van der Waals surface area contributed by atoms with Crippen LogP contribution in [0.4, 0.5) is 5.69 Å². The van der Waals surface area contributed by atoms with E-state index in [1.807, 2.05) is 86.2 Å². The number of ether oxygens (including phenoxy) is 2. The number of hydrogen-bond donors (Lipinski definition) is 2. The lowest BCUT2D eigenvalue weighted by Gasteiger charge is -2.28. The van der Waals surface area contributed by atoms with Crippen molar-refractivity contribution in [2.24, 2.45) is 5.92 Å². The Labute approximate surface area is 234 Å². The van der Waals surface area contributed by atoms with E-state index in [9.17, 15) is 9.59 Å². The normalized spacial score (nSPS) is 17.2. The predicted octanol–water partition coefficient (Wildman–Crippen LogP) is 5.62. The van der Waals surface area contributed by atoms with Crippen LogP contribution in [0.1, 0.15) is 37.3 Å². The van der Waals surface area contributed by atoms with E-state index in [1.165, 1.54) is 0 Å². The maximum absolute atomic E-state index is 13.2. The summed E-state index contributed by atoms with van der Waals surface area (Å²) in [6, 6.07) is 19.8. The van der Waals surface area contributed by atoms with Crippen LogP contribution in [0.5, 0.6) is 11.5 Å². The first-order valence-corrected chi connectivity index (χ1v) is 13.9. The number of methoxy groups -OCH3 is 1. The summed E-state index contributed by atoms with van der Waals surface area (Å²) in [5.74, 6) is 1.49. The fourth-order valence-electron chi connectivity index (χ4n) is 5.59. The molecule has 1 aliphatic rings. The lowest BCUT2D eigenvalue weighted by Crippen LogP contribution is -2.31. The third-order valence-electron chi connectivity index (χ3n) is 7.81. The lowest BCUT2D eigenvalue weighted by molar-refractivity contribution is -0.121. The summed E-state index contributed by atoms with van der Waals surface area (Å²) in [6.07, 6.45) is 2.98. The number of aryl methyl sites for hydroxylation is 1. The summed E-state index contributed by atoms with van der Waals surface area (Å²) in [6.45, 7) is 3.41. The largest absolute Gasteiger partial charge is 0.496 e. The molecule has 40 heavy (non-hydrogen) atoms. The molecule has 8 heteroatoms. The van der Waals surface area contributed by atoms with Crippen molar-refractivity contribution in [1.82, 2.24) is 14.5 Å². The van der Waals surface area contributed by atoms with Crippen molar-refractivity contribution in [2.45, 2.75) is 38.6 Å². The van der Waals surface area contributed by atoms with Crippen molar-refractivity contribution in [3.63, 3.8) is 0 Å². The number of H-pyrrole nitrogens is 1. The highest BCUT2D eigenvalue weighted by Crippen LogP contribution is 2.36. The van der Waals surface area contributed by atoms with Gasteiger partial charge in [0.15, 0.2) is 0 Å². The van der Waals surface area contributed by atoms with Gasteiger partial charge in [-0.25, -0.2) is 4.79 Å². The van der Waals surface area contributed by atoms with Crippen molar-refractivity contribution in [2.75, 3.05) is 39.7 Å². The Bertz CT molecular complexity index is 1550. The number of likely N-dealkylation sites (N-methyl/N-ethyl adjacent to an activating group) is 1. The van der Waals surface area contributed by atoms with Gasteiger partial charge >= 0.3 is 5.69 Å². The number of para-hydroxylation sites is 1. The van der Waals surface area contributed by atoms with Crippen LogP contribution in [-0.2, 0) is 4.79 Å². The van der Waals surface area contributed by atoms with E-state index < -0.39 is 0 Å². The van der Waals surface area contributed by atoms with E-state index >= 15 is 0 Å². The number of carbonyl (C=O) groups excluding carboxylic acids is 1. The van der Waals surface area contributed by atoms with E-state index in [0.717, 1.165) is 77.1 Å². The van der Waals surface area contributed by atoms with Crippen LogP contribution in [0, 0.1) is 12.8 Å². The molecule has 210 valence electrons. The molecule has 0 atom stereocenters. The van der Waals surface area contributed by atoms with Gasteiger partial charge in [-0.1, -0.05) is 30.3 Å². The van der Waals surface area contributed by atoms with Gasteiger partial charge in [0.05, 0.1) is 18.1 Å². The number of imidazole rings is 1. The van der Waals surface area contributed by atoms with Gasteiger partial charge in [0.1, 0.15) is 18.1 Å². The lowest BCUT2D eigenvalue weighted by atomic mass is 9.85. The molecule has 8 nitrogen and oxygen atoms in total. The average Bonchev–Trinajstić information content (AvgIpc) is 3.29. The second kappa shape index (κ2) is 12.0. The van der Waals surface area contributed by atoms with Crippen LogP contribution in [-0.4, -0.2) is 54.7 Å². The van der Waals surface area contributed by atoms with E-state index in [4.69, 9.17) is 9.47 Å². The number of nitrogens with zero attached hydrogens (tertiary/aromatic N) is 2. The summed E-state index contributed by atoms with van der Waals surface area (Å²) < 4.78 is 13.2. The summed E-state index contributed by atoms with van der Waals surface area (Å²) in [4.78, 5) is 31.4. The van der Waals surface area contributed by atoms with Gasteiger partial charge in [0, 0.05) is 35.8 Å². The molecule has 0 saturated heterocycles. The molecule has 0 bridgehead atoms. The number of aromatic amines is 1. The molecule has 1 aromatic heterocycles. The van der Waals surface area contributed by atoms with Crippen LogP contribution in [0.3, 0.4) is 0 Å². The Morgan fingerprint density at radius 2 is 1.82 bits per heavy atom. The second-order valence-corrected chi connectivity index (χ2v) is 10.9. The number of rotatable bonds is 9. The molecule has 2 N–H and O–H groups in total. The molecule has 3 aromatic carbocycles. The number of carbonyl (C=O) groups is 1. The molecule has 1 saturated carbocycles. The molecule has 0 unspecified atom stereocenters. The van der Waals surface area contributed by atoms with Crippen LogP contribution >= 0.6 is 0 Å². The van der Waals surface area contributed by atoms with E-state index in [-0.39, 0.29) is 23.6 Å². The maximum atomic E-state index is 13.2. The molecule has 1 amide bonds. The number of aromatic nitrogens is 2. The minimum Gasteiger partial charge on any atom is -0.496 e. The fourth-order valence-corrected chi connectivity index (χ4v) is 5.59. The number of anilines is 1. The smallest absolute Gasteiger partial charge is 0.326 e. The van der Waals surface area contributed by atoms with Crippen molar-refractivity contribution < 1.29 is 14.3 Å². The topological polar surface area (TPSA) is 88.6 Å². The Balaban J connectivity index is 1.30. The first kappa shape index (κ1) is 27.5. The fraction of sp³-hybridized carbons (Fsp3) is 0.375. The minimum atomic E-state index is -0.111.